The fraction of sp³-hybridized carbons (Fsp3) is 0.640. The van der Waals surface area contributed by atoms with Crippen molar-refractivity contribution < 1.29 is 43.2 Å². The number of hydrogen-bond donors (Lipinski definition) is 3. The van der Waals surface area contributed by atoms with Crippen molar-refractivity contribution in [1.29, 1.82) is 0 Å². The minimum absolute atomic E-state index is 0.0238. The van der Waals surface area contributed by atoms with Crippen LogP contribution in [0.2, 0.25) is 0 Å². The first-order chi connectivity index (χ1) is 17.2. The van der Waals surface area contributed by atoms with Gasteiger partial charge in [0.05, 0.1) is 59.3 Å². The van der Waals surface area contributed by atoms with E-state index < -0.39 is 23.7 Å². The van der Waals surface area contributed by atoms with Crippen LogP contribution >= 0.6 is 0 Å². The number of aliphatic carboxylic acids is 1. The number of carbonyl (C=O) groups is 3. The van der Waals surface area contributed by atoms with Gasteiger partial charge in [0.1, 0.15) is 11.6 Å². The molecule has 1 aromatic rings. The van der Waals surface area contributed by atoms with E-state index in [0.717, 1.165) is 5.56 Å². The molecule has 0 aliphatic rings. The van der Waals surface area contributed by atoms with Crippen molar-refractivity contribution in [2.45, 2.75) is 45.3 Å². The summed E-state index contributed by atoms with van der Waals surface area (Å²) in [6.07, 6.45) is -0.345. The SMILES string of the molecule is CC(C)(C)OC(=O)NC(Cc1ccccc1)C(=O)NCCOCCOCCOCCOCCC(=O)O. The molecular weight excluding hydrogens is 472 g/mol. The number of hydrogen-bond acceptors (Lipinski definition) is 8. The third kappa shape index (κ3) is 17.7. The topological polar surface area (TPSA) is 142 Å². The highest BCUT2D eigenvalue weighted by Crippen LogP contribution is 2.08. The second-order valence-electron chi connectivity index (χ2n) is 8.77. The molecule has 0 aromatic heterocycles. The molecule has 0 saturated carbocycles. The van der Waals surface area contributed by atoms with Crippen LogP contribution in [0.1, 0.15) is 32.8 Å². The Morgan fingerprint density at radius 3 is 1.89 bits per heavy atom. The van der Waals surface area contributed by atoms with E-state index in [4.69, 9.17) is 28.8 Å². The number of carboxylic acids is 1. The van der Waals surface area contributed by atoms with Gasteiger partial charge in [0.2, 0.25) is 5.91 Å². The van der Waals surface area contributed by atoms with E-state index in [1.54, 1.807) is 20.8 Å². The first kappa shape index (κ1) is 31.3. The average Bonchev–Trinajstić information content (AvgIpc) is 2.80. The van der Waals surface area contributed by atoms with E-state index >= 15 is 0 Å². The average molecular weight is 513 g/mol. The molecule has 0 spiro atoms. The standard InChI is InChI=1S/C25H40N2O9/c1-25(2,3)36-24(31)27-21(19-20-7-5-4-6-8-20)23(30)26-10-12-33-14-16-35-18-17-34-15-13-32-11-9-22(28)29/h4-8,21H,9-19H2,1-3H3,(H,26,30)(H,27,31)(H,28,29). The van der Waals surface area contributed by atoms with Gasteiger partial charge < -0.3 is 39.4 Å². The van der Waals surface area contributed by atoms with Crippen molar-refractivity contribution >= 4 is 18.0 Å². The lowest BCUT2D eigenvalue weighted by Crippen LogP contribution is -2.49. The molecule has 0 saturated heterocycles. The summed E-state index contributed by atoms with van der Waals surface area (Å²) in [5, 5.41) is 13.9. The largest absolute Gasteiger partial charge is 0.481 e. The van der Waals surface area contributed by atoms with Crippen molar-refractivity contribution in [1.82, 2.24) is 10.6 Å². The first-order valence-electron chi connectivity index (χ1n) is 12.0. The van der Waals surface area contributed by atoms with Gasteiger partial charge in [-0.25, -0.2) is 4.79 Å². The highest BCUT2D eigenvalue weighted by atomic mass is 16.6. The number of alkyl carbamates (subject to hydrolysis) is 1. The highest BCUT2D eigenvalue weighted by molar-refractivity contribution is 5.86. The second-order valence-corrected chi connectivity index (χ2v) is 8.77. The monoisotopic (exact) mass is 512 g/mol. The number of ether oxygens (including phenoxy) is 5. The summed E-state index contributed by atoms with van der Waals surface area (Å²) in [7, 11) is 0. The van der Waals surface area contributed by atoms with Crippen molar-refractivity contribution in [2.75, 3.05) is 59.4 Å². The number of carboxylic acid groups (broad SMARTS) is 1. The van der Waals surface area contributed by atoms with Crippen LogP contribution < -0.4 is 10.6 Å². The van der Waals surface area contributed by atoms with Crippen LogP contribution in [-0.4, -0.2) is 94.1 Å². The molecule has 1 unspecified atom stereocenters. The summed E-state index contributed by atoms with van der Waals surface area (Å²) >= 11 is 0. The minimum Gasteiger partial charge on any atom is -0.481 e. The zero-order valence-electron chi connectivity index (χ0n) is 21.5. The molecule has 0 bridgehead atoms. The van der Waals surface area contributed by atoms with Crippen molar-refractivity contribution in [3.63, 3.8) is 0 Å². The number of rotatable bonds is 19. The van der Waals surface area contributed by atoms with Gasteiger partial charge in [-0.05, 0) is 26.3 Å². The number of nitrogens with one attached hydrogen (secondary N) is 2. The van der Waals surface area contributed by atoms with Crippen LogP contribution in [0.5, 0.6) is 0 Å². The van der Waals surface area contributed by atoms with E-state index in [1.165, 1.54) is 0 Å². The fourth-order valence-corrected chi connectivity index (χ4v) is 2.80. The third-order valence-corrected chi connectivity index (χ3v) is 4.41. The molecule has 3 N–H and O–H groups in total. The molecule has 0 fully saturated rings. The van der Waals surface area contributed by atoms with Gasteiger partial charge >= 0.3 is 12.1 Å². The normalized spacial score (nSPS) is 12.1. The van der Waals surface area contributed by atoms with E-state index in [9.17, 15) is 14.4 Å². The highest BCUT2D eigenvalue weighted by Gasteiger charge is 2.24. The molecule has 0 aliphatic carbocycles. The molecule has 0 aliphatic heterocycles. The summed E-state index contributed by atoms with van der Waals surface area (Å²) < 4.78 is 26.5. The molecule has 11 nitrogen and oxygen atoms in total. The Labute approximate surface area is 212 Å². The number of amides is 2. The zero-order chi connectivity index (χ0) is 26.7. The summed E-state index contributed by atoms with van der Waals surface area (Å²) in [5.41, 5.74) is 0.245. The molecule has 2 amide bonds. The minimum atomic E-state index is -0.892. The Kier molecular flexibility index (Phi) is 16.1. The van der Waals surface area contributed by atoms with Gasteiger partial charge in [-0.15, -0.1) is 0 Å². The van der Waals surface area contributed by atoms with Crippen LogP contribution in [0.4, 0.5) is 4.79 Å². The lowest BCUT2D eigenvalue weighted by Gasteiger charge is -2.23. The Balaban J connectivity index is 2.16. The maximum absolute atomic E-state index is 12.7. The van der Waals surface area contributed by atoms with Gasteiger partial charge in [0, 0.05) is 13.0 Å². The predicted octanol–water partition coefficient (Wildman–Crippen LogP) is 1.78. The summed E-state index contributed by atoms with van der Waals surface area (Å²) in [4.78, 5) is 35.2. The van der Waals surface area contributed by atoms with Crippen molar-refractivity contribution in [2.24, 2.45) is 0 Å². The molecule has 1 atom stereocenters. The Morgan fingerprint density at radius 1 is 0.833 bits per heavy atom. The predicted molar refractivity (Wildman–Crippen MR) is 132 cm³/mol. The fourth-order valence-electron chi connectivity index (χ4n) is 2.80. The van der Waals surface area contributed by atoms with Crippen LogP contribution in [0.15, 0.2) is 30.3 Å². The Morgan fingerprint density at radius 2 is 1.36 bits per heavy atom. The van der Waals surface area contributed by atoms with Crippen LogP contribution in [0.3, 0.4) is 0 Å². The Bertz CT molecular complexity index is 754. The number of benzene rings is 1. The summed E-state index contributed by atoms with van der Waals surface area (Å²) in [6.45, 7) is 8.25. The van der Waals surface area contributed by atoms with Gasteiger partial charge in [-0.2, -0.15) is 0 Å². The third-order valence-electron chi connectivity index (χ3n) is 4.41. The summed E-state index contributed by atoms with van der Waals surface area (Å²) in [5.74, 6) is -1.22. The Hall–Kier alpha value is -2.73. The van der Waals surface area contributed by atoms with E-state index in [0.29, 0.717) is 52.7 Å². The van der Waals surface area contributed by atoms with E-state index in [2.05, 4.69) is 10.6 Å². The van der Waals surface area contributed by atoms with Crippen LogP contribution in [0.25, 0.3) is 0 Å². The quantitative estimate of drug-likeness (QED) is 0.236. The molecule has 0 heterocycles. The molecule has 1 aromatic carbocycles. The molecule has 1 rings (SSSR count). The first-order valence-corrected chi connectivity index (χ1v) is 12.0. The molecular formula is C25H40N2O9. The van der Waals surface area contributed by atoms with Crippen molar-refractivity contribution in [3.05, 3.63) is 35.9 Å². The smallest absolute Gasteiger partial charge is 0.408 e. The van der Waals surface area contributed by atoms with E-state index in [-0.39, 0.29) is 25.5 Å². The maximum atomic E-state index is 12.7. The lowest BCUT2D eigenvalue weighted by molar-refractivity contribution is -0.138. The zero-order valence-corrected chi connectivity index (χ0v) is 21.5. The number of carbonyl (C=O) groups excluding carboxylic acids is 2. The van der Waals surface area contributed by atoms with Crippen LogP contribution in [-0.2, 0) is 39.7 Å². The van der Waals surface area contributed by atoms with Gasteiger partial charge in [0.15, 0.2) is 0 Å². The van der Waals surface area contributed by atoms with Gasteiger partial charge in [0.25, 0.3) is 0 Å². The van der Waals surface area contributed by atoms with Gasteiger partial charge in [-0.1, -0.05) is 30.3 Å². The molecule has 0 radical (unpaired) electrons. The molecule has 204 valence electrons. The summed E-state index contributed by atoms with van der Waals surface area (Å²) in [6, 6.07) is 8.63. The second kappa shape index (κ2) is 18.5. The maximum Gasteiger partial charge on any atom is 0.408 e. The molecule has 36 heavy (non-hydrogen) atoms. The lowest BCUT2D eigenvalue weighted by atomic mass is 10.1. The van der Waals surface area contributed by atoms with Crippen molar-refractivity contribution in [3.8, 4) is 0 Å². The van der Waals surface area contributed by atoms with Crippen LogP contribution in [0, 0.1) is 0 Å². The van der Waals surface area contributed by atoms with E-state index in [1.807, 2.05) is 30.3 Å². The molecule has 11 heteroatoms. The van der Waals surface area contributed by atoms with Gasteiger partial charge in [-0.3, -0.25) is 9.59 Å².